The van der Waals surface area contributed by atoms with Gasteiger partial charge in [0.15, 0.2) is 0 Å². The molecule has 3 aromatic rings. The van der Waals surface area contributed by atoms with Crippen molar-refractivity contribution >= 4 is 22.1 Å². The minimum atomic E-state index is 0.423. The van der Waals surface area contributed by atoms with Gasteiger partial charge in [-0.1, -0.05) is 42.5 Å². The minimum absolute atomic E-state index is 0.423. The van der Waals surface area contributed by atoms with Crippen molar-refractivity contribution in [2.24, 2.45) is 0 Å². The number of benzene rings is 2. The second-order valence-corrected chi connectivity index (χ2v) is 5.94. The van der Waals surface area contributed by atoms with E-state index in [1.54, 1.807) is 11.3 Å². The predicted octanol–water partition coefficient (Wildman–Crippen LogP) is 3.67. The summed E-state index contributed by atoms with van der Waals surface area (Å²) in [6.07, 6.45) is 3.89. The van der Waals surface area contributed by atoms with Crippen LogP contribution in [0.5, 0.6) is 0 Å². The van der Waals surface area contributed by atoms with Crippen LogP contribution in [0.3, 0.4) is 0 Å². The van der Waals surface area contributed by atoms with E-state index in [0.29, 0.717) is 6.04 Å². The van der Waals surface area contributed by atoms with Gasteiger partial charge < -0.3 is 5.32 Å². The maximum absolute atomic E-state index is 4.39. The lowest BCUT2D eigenvalue weighted by Gasteiger charge is -2.16. The molecule has 0 saturated heterocycles. The van der Waals surface area contributed by atoms with Gasteiger partial charge in [0, 0.05) is 24.0 Å². The van der Waals surface area contributed by atoms with Gasteiger partial charge in [-0.05, 0) is 29.8 Å². The topological polar surface area (TPSA) is 24.9 Å². The van der Waals surface area contributed by atoms with Crippen LogP contribution in [-0.4, -0.2) is 18.1 Å². The van der Waals surface area contributed by atoms with Gasteiger partial charge in [-0.15, -0.1) is 11.3 Å². The summed E-state index contributed by atoms with van der Waals surface area (Å²) in [7, 11) is 2.03. The Bertz CT molecular complexity index is 671. The van der Waals surface area contributed by atoms with Crippen LogP contribution in [0, 0.1) is 0 Å². The number of nitrogens with zero attached hydrogens (tertiary/aromatic N) is 1. The molecule has 0 spiro atoms. The Morgan fingerprint density at radius 1 is 1.10 bits per heavy atom. The lowest BCUT2D eigenvalue weighted by atomic mass is 9.97. The standard InChI is InChI=1S/C17H18N2S/c1-18-15(12-17-19-9-10-20-17)11-14-7-4-6-13-5-2-3-8-16(13)14/h2-10,15,18H,11-12H2,1H3. The van der Waals surface area contributed by atoms with E-state index in [4.69, 9.17) is 0 Å². The third-order valence-corrected chi connectivity index (χ3v) is 4.46. The fourth-order valence-electron chi connectivity index (χ4n) is 2.58. The molecule has 0 amide bonds. The molecule has 0 bridgehead atoms. The second kappa shape index (κ2) is 6.16. The highest BCUT2D eigenvalue weighted by Crippen LogP contribution is 2.20. The monoisotopic (exact) mass is 282 g/mol. The number of hydrogen-bond donors (Lipinski definition) is 1. The highest BCUT2D eigenvalue weighted by atomic mass is 32.1. The lowest BCUT2D eigenvalue weighted by molar-refractivity contribution is 0.557. The van der Waals surface area contributed by atoms with E-state index in [9.17, 15) is 0 Å². The summed E-state index contributed by atoms with van der Waals surface area (Å²) >= 11 is 1.73. The van der Waals surface area contributed by atoms with Gasteiger partial charge in [0.05, 0.1) is 5.01 Å². The summed E-state index contributed by atoms with van der Waals surface area (Å²) in [5, 5.41) is 9.33. The van der Waals surface area contributed by atoms with E-state index in [0.717, 1.165) is 12.8 Å². The SMILES string of the molecule is CNC(Cc1nccs1)Cc1cccc2ccccc12. The number of rotatable bonds is 5. The molecule has 1 unspecified atom stereocenters. The van der Waals surface area contributed by atoms with Crippen molar-refractivity contribution in [1.82, 2.24) is 10.3 Å². The van der Waals surface area contributed by atoms with E-state index in [1.165, 1.54) is 21.3 Å². The summed E-state index contributed by atoms with van der Waals surface area (Å²) in [5.74, 6) is 0. The fraction of sp³-hybridized carbons (Fsp3) is 0.235. The molecular formula is C17H18N2S. The quantitative estimate of drug-likeness (QED) is 0.772. The molecule has 0 fully saturated rings. The molecule has 0 aliphatic rings. The van der Waals surface area contributed by atoms with Gasteiger partial charge in [0.25, 0.3) is 0 Å². The van der Waals surface area contributed by atoms with E-state index >= 15 is 0 Å². The first-order valence-electron chi connectivity index (χ1n) is 6.89. The second-order valence-electron chi connectivity index (χ2n) is 4.96. The molecule has 1 atom stereocenters. The molecule has 1 heterocycles. The molecule has 102 valence electrons. The van der Waals surface area contributed by atoms with Crippen molar-refractivity contribution in [1.29, 1.82) is 0 Å². The summed E-state index contributed by atoms with van der Waals surface area (Å²) < 4.78 is 0. The van der Waals surface area contributed by atoms with Gasteiger partial charge in [-0.2, -0.15) is 0 Å². The number of hydrogen-bond acceptors (Lipinski definition) is 3. The third kappa shape index (κ3) is 2.89. The first kappa shape index (κ1) is 13.3. The average Bonchev–Trinajstić information content (AvgIpc) is 3.00. The van der Waals surface area contributed by atoms with E-state index in [-0.39, 0.29) is 0 Å². The van der Waals surface area contributed by atoms with Crippen LogP contribution in [0.25, 0.3) is 10.8 Å². The van der Waals surface area contributed by atoms with E-state index < -0.39 is 0 Å². The Kier molecular flexibility index (Phi) is 4.09. The molecule has 0 saturated carbocycles. The van der Waals surface area contributed by atoms with Crippen LogP contribution < -0.4 is 5.32 Å². The third-order valence-electron chi connectivity index (χ3n) is 3.66. The Hall–Kier alpha value is -1.71. The Morgan fingerprint density at radius 2 is 1.95 bits per heavy atom. The molecule has 1 aromatic heterocycles. The van der Waals surface area contributed by atoms with E-state index in [1.807, 2.05) is 18.6 Å². The van der Waals surface area contributed by atoms with Gasteiger partial charge >= 0.3 is 0 Å². The van der Waals surface area contributed by atoms with Crippen LogP contribution in [0.1, 0.15) is 10.6 Å². The Labute approximate surface area is 123 Å². The van der Waals surface area contributed by atoms with Crippen molar-refractivity contribution in [3.05, 3.63) is 64.6 Å². The first-order valence-corrected chi connectivity index (χ1v) is 7.77. The number of thiazole rings is 1. The molecule has 3 heteroatoms. The van der Waals surface area contributed by atoms with Crippen molar-refractivity contribution in [2.45, 2.75) is 18.9 Å². The van der Waals surface area contributed by atoms with Crippen molar-refractivity contribution < 1.29 is 0 Å². The molecule has 3 rings (SSSR count). The van der Waals surface area contributed by atoms with Crippen molar-refractivity contribution in [2.75, 3.05) is 7.05 Å². The molecule has 2 aromatic carbocycles. The average molecular weight is 282 g/mol. The van der Waals surface area contributed by atoms with Crippen LogP contribution in [0.15, 0.2) is 54.0 Å². The zero-order chi connectivity index (χ0) is 13.8. The molecule has 2 nitrogen and oxygen atoms in total. The molecule has 1 N–H and O–H groups in total. The number of fused-ring (bicyclic) bond motifs is 1. The zero-order valence-electron chi connectivity index (χ0n) is 11.5. The number of likely N-dealkylation sites (N-methyl/N-ethyl adjacent to an activating group) is 1. The number of aromatic nitrogens is 1. The van der Waals surface area contributed by atoms with E-state index in [2.05, 4.69) is 52.8 Å². The molecule has 20 heavy (non-hydrogen) atoms. The van der Waals surface area contributed by atoms with Gasteiger partial charge in [-0.3, -0.25) is 0 Å². The summed E-state index contributed by atoms with van der Waals surface area (Å²) in [6.45, 7) is 0. The highest BCUT2D eigenvalue weighted by molar-refractivity contribution is 7.09. The Balaban J connectivity index is 1.84. The number of nitrogens with one attached hydrogen (secondary N) is 1. The summed E-state index contributed by atoms with van der Waals surface area (Å²) in [5.41, 5.74) is 1.40. The first-order chi connectivity index (χ1) is 9.86. The predicted molar refractivity (Wildman–Crippen MR) is 86.3 cm³/mol. The van der Waals surface area contributed by atoms with Gasteiger partial charge in [-0.25, -0.2) is 4.98 Å². The lowest BCUT2D eigenvalue weighted by Crippen LogP contribution is -2.29. The smallest absolute Gasteiger partial charge is 0.0940 e. The molecule has 0 radical (unpaired) electrons. The molecule has 0 aliphatic carbocycles. The maximum Gasteiger partial charge on any atom is 0.0940 e. The van der Waals surface area contributed by atoms with Crippen LogP contribution in [0.2, 0.25) is 0 Å². The van der Waals surface area contributed by atoms with Crippen LogP contribution in [-0.2, 0) is 12.8 Å². The molecule has 0 aliphatic heterocycles. The van der Waals surface area contributed by atoms with Gasteiger partial charge in [0.2, 0.25) is 0 Å². The van der Waals surface area contributed by atoms with Crippen LogP contribution in [0.4, 0.5) is 0 Å². The van der Waals surface area contributed by atoms with Gasteiger partial charge in [0.1, 0.15) is 0 Å². The summed E-state index contributed by atoms with van der Waals surface area (Å²) in [4.78, 5) is 4.39. The molecular weight excluding hydrogens is 264 g/mol. The summed E-state index contributed by atoms with van der Waals surface area (Å²) in [6, 6.07) is 15.6. The fourth-order valence-corrected chi connectivity index (χ4v) is 3.27. The Morgan fingerprint density at radius 3 is 2.75 bits per heavy atom. The zero-order valence-corrected chi connectivity index (χ0v) is 12.4. The maximum atomic E-state index is 4.39. The van der Waals surface area contributed by atoms with Crippen molar-refractivity contribution in [3.63, 3.8) is 0 Å². The highest BCUT2D eigenvalue weighted by Gasteiger charge is 2.11. The van der Waals surface area contributed by atoms with Crippen LogP contribution >= 0.6 is 11.3 Å². The van der Waals surface area contributed by atoms with Crippen molar-refractivity contribution in [3.8, 4) is 0 Å². The minimum Gasteiger partial charge on any atom is -0.316 e. The normalized spacial score (nSPS) is 12.7. The largest absolute Gasteiger partial charge is 0.316 e.